The van der Waals surface area contributed by atoms with Crippen molar-refractivity contribution in [2.24, 2.45) is 0 Å². The topological polar surface area (TPSA) is 72.9 Å². The minimum Gasteiger partial charge on any atom is -0.399 e. The third kappa shape index (κ3) is 2.68. The number of carbonyl (C=O) groups excluding carboxylic acids is 1. The Labute approximate surface area is 106 Å². The van der Waals surface area contributed by atoms with Gasteiger partial charge in [0.25, 0.3) is 0 Å². The number of nitrogens with zero attached hydrogens (tertiary/aromatic N) is 2. The van der Waals surface area contributed by atoms with Gasteiger partial charge in [0.2, 0.25) is 5.91 Å². The molecule has 0 fully saturated rings. The Morgan fingerprint density at radius 3 is 2.89 bits per heavy atom. The molecular formula is C13H16N4O. The predicted molar refractivity (Wildman–Crippen MR) is 71.2 cm³/mol. The second-order valence-corrected chi connectivity index (χ2v) is 4.29. The first-order valence-electron chi connectivity index (χ1n) is 5.73. The minimum atomic E-state index is -0.361. The van der Waals surface area contributed by atoms with Gasteiger partial charge in [-0.15, -0.1) is 0 Å². The number of nitrogen functional groups attached to an aromatic ring is 1. The van der Waals surface area contributed by atoms with Gasteiger partial charge in [0, 0.05) is 17.6 Å². The van der Waals surface area contributed by atoms with E-state index in [2.05, 4.69) is 10.4 Å². The molecule has 0 aliphatic rings. The van der Waals surface area contributed by atoms with Crippen molar-refractivity contribution in [3.8, 4) is 0 Å². The summed E-state index contributed by atoms with van der Waals surface area (Å²) in [4.78, 5) is 12.0. The van der Waals surface area contributed by atoms with Gasteiger partial charge < -0.3 is 11.1 Å². The fourth-order valence-electron chi connectivity index (χ4n) is 1.63. The van der Waals surface area contributed by atoms with E-state index in [4.69, 9.17) is 5.73 Å². The molecule has 2 aromatic rings. The van der Waals surface area contributed by atoms with Gasteiger partial charge >= 0.3 is 0 Å². The van der Waals surface area contributed by atoms with Crippen LogP contribution in [0.3, 0.4) is 0 Å². The maximum absolute atomic E-state index is 12.0. The molecule has 0 radical (unpaired) electrons. The number of hydrogen-bond acceptors (Lipinski definition) is 3. The molecule has 5 nitrogen and oxygen atoms in total. The fourth-order valence-corrected chi connectivity index (χ4v) is 1.63. The molecule has 0 saturated heterocycles. The monoisotopic (exact) mass is 244 g/mol. The van der Waals surface area contributed by atoms with Crippen LogP contribution in [0.1, 0.15) is 18.5 Å². The molecule has 94 valence electrons. The van der Waals surface area contributed by atoms with Crippen LogP contribution in [0, 0.1) is 6.92 Å². The summed E-state index contributed by atoms with van der Waals surface area (Å²) < 4.78 is 1.64. The summed E-state index contributed by atoms with van der Waals surface area (Å²) in [6.45, 7) is 3.74. The van der Waals surface area contributed by atoms with Crippen molar-refractivity contribution in [2.45, 2.75) is 19.9 Å². The fraction of sp³-hybridized carbons (Fsp3) is 0.231. The smallest absolute Gasteiger partial charge is 0.248 e. The molecule has 0 aliphatic carbocycles. The van der Waals surface area contributed by atoms with Crippen LogP contribution >= 0.6 is 0 Å². The lowest BCUT2D eigenvalue weighted by Crippen LogP contribution is -2.24. The number of hydrogen-bond donors (Lipinski definition) is 2. The summed E-state index contributed by atoms with van der Waals surface area (Å²) in [5.41, 5.74) is 7.99. The molecule has 0 aliphatic heterocycles. The second-order valence-electron chi connectivity index (χ2n) is 4.29. The zero-order chi connectivity index (χ0) is 13.1. The van der Waals surface area contributed by atoms with E-state index in [1.165, 1.54) is 0 Å². The van der Waals surface area contributed by atoms with E-state index in [-0.39, 0.29) is 11.9 Å². The predicted octanol–water partition coefficient (Wildman–Crippen LogP) is 1.97. The number of carbonyl (C=O) groups is 1. The molecule has 1 atom stereocenters. The molecule has 1 heterocycles. The Bertz CT molecular complexity index is 562. The SMILES string of the molecule is Cc1cnn(C(C)C(=O)Nc2cccc(N)c2)c1. The van der Waals surface area contributed by atoms with Crippen LogP contribution in [0.4, 0.5) is 11.4 Å². The van der Waals surface area contributed by atoms with Crippen LogP contribution in [0.2, 0.25) is 0 Å². The lowest BCUT2D eigenvalue weighted by Gasteiger charge is -2.12. The lowest BCUT2D eigenvalue weighted by molar-refractivity contribution is -0.119. The summed E-state index contributed by atoms with van der Waals surface area (Å²) >= 11 is 0. The molecule has 3 N–H and O–H groups in total. The normalized spacial score (nSPS) is 12.1. The number of nitrogens with one attached hydrogen (secondary N) is 1. The van der Waals surface area contributed by atoms with E-state index in [9.17, 15) is 4.79 Å². The molecule has 5 heteroatoms. The number of anilines is 2. The van der Waals surface area contributed by atoms with Gasteiger partial charge in [-0.25, -0.2) is 0 Å². The lowest BCUT2D eigenvalue weighted by atomic mass is 10.2. The number of aryl methyl sites for hydroxylation is 1. The maximum Gasteiger partial charge on any atom is 0.248 e. The van der Waals surface area contributed by atoms with Crippen LogP contribution < -0.4 is 11.1 Å². The van der Waals surface area contributed by atoms with E-state index >= 15 is 0 Å². The summed E-state index contributed by atoms with van der Waals surface area (Å²) in [6, 6.07) is 6.73. The summed E-state index contributed by atoms with van der Waals surface area (Å²) in [5, 5.41) is 6.94. The zero-order valence-corrected chi connectivity index (χ0v) is 10.4. The van der Waals surface area contributed by atoms with Gasteiger partial charge in [-0.2, -0.15) is 5.10 Å². The third-order valence-electron chi connectivity index (χ3n) is 2.66. The number of rotatable bonds is 3. The van der Waals surface area contributed by atoms with E-state index < -0.39 is 0 Å². The van der Waals surface area contributed by atoms with E-state index in [1.807, 2.05) is 13.1 Å². The first-order valence-corrected chi connectivity index (χ1v) is 5.73. The molecule has 1 amide bonds. The standard InChI is InChI=1S/C13H16N4O/c1-9-7-15-17(8-9)10(2)13(18)16-12-5-3-4-11(14)6-12/h3-8,10H,14H2,1-2H3,(H,16,18). The van der Waals surface area contributed by atoms with Gasteiger partial charge in [-0.1, -0.05) is 6.07 Å². The van der Waals surface area contributed by atoms with Gasteiger partial charge in [0.1, 0.15) is 6.04 Å². The van der Waals surface area contributed by atoms with Crippen LogP contribution in [0.25, 0.3) is 0 Å². The van der Waals surface area contributed by atoms with Crippen molar-refractivity contribution in [1.82, 2.24) is 9.78 Å². The number of aromatic nitrogens is 2. The van der Waals surface area contributed by atoms with Crippen LogP contribution in [-0.2, 0) is 4.79 Å². The molecular weight excluding hydrogens is 228 g/mol. The van der Waals surface area contributed by atoms with Gasteiger partial charge in [-0.05, 0) is 37.6 Å². The van der Waals surface area contributed by atoms with Crippen LogP contribution in [0.5, 0.6) is 0 Å². The average molecular weight is 244 g/mol. The number of amides is 1. The quantitative estimate of drug-likeness (QED) is 0.811. The highest BCUT2D eigenvalue weighted by Crippen LogP contribution is 2.14. The summed E-state index contributed by atoms with van der Waals surface area (Å²) in [7, 11) is 0. The first-order chi connectivity index (χ1) is 8.56. The van der Waals surface area contributed by atoms with Crippen molar-refractivity contribution >= 4 is 17.3 Å². The largest absolute Gasteiger partial charge is 0.399 e. The highest BCUT2D eigenvalue weighted by atomic mass is 16.2. The Hall–Kier alpha value is -2.30. The maximum atomic E-state index is 12.0. The van der Waals surface area contributed by atoms with Gasteiger partial charge in [0.05, 0.1) is 6.20 Å². The Morgan fingerprint density at radius 1 is 1.50 bits per heavy atom. The number of nitrogens with two attached hydrogens (primary N) is 1. The highest BCUT2D eigenvalue weighted by Gasteiger charge is 2.15. The van der Waals surface area contributed by atoms with Crippen molar-refractivity contribution in [1.29, 1.82) is 0 Å². The van der Waals surface area contributed by atoms with Crippen LogP contribution in [-0.4, -0.2) is 15.7 Å². The van der Waals surface area contributed by atoms with E-state index in [0.29, 0.717) is 11.4 Å². The molecule has 1 aromatic heterocycles. The summed E-state index contributed by atoms with van der Waals surface area (Å²) in [5.74, 6) is -0.122. The molecule has 0 spiro atoms. The molecule has 0 bridgehead atoms. The van der Waals surface area contributed by atoms with E-state index in [1.54, 1.807) is 42.1 Å². The first kappa shape index (κ1) is 12.2. The van der Waals surface area contributed by atoms with Gasteiger partial charge in [0.15, 0.2) is 0 Å². The van der Waals surface area contributed by atoms with Crippen LogP contribution in [0.15, 0.2) is 36.7 Å². The minimum absolute atomic E-state index is 0.122. The van der Waals surface area contributed by atoms with Crippen molar-refractivity contribution in [3.05, 3.63) is 42.2 Å². The third-order valence-corrected chi connectivity index (χ3v) is 2.66. The molecule has 18 heavy (non-hydrogen) atoms. The molecule has 1 aromatic carbocycles. The second kappa shape index (κ2) is 4.91. The van der Waals surface area contributed by atoms with Crippen molar-refractivity contribution in [3.63, 3.8) is 0 Å². The van der Waals surface area contributed by atoms with Crippen molar-refractivity contribution in [2.75, 3.05) is 11.1 Å². The van der Waals surface area contributed by atoms with E-state index in [0.717, 1.165) is 5.56 Å². The van der Waals surface area contributed by atoms with Crippen molar-refractivity contribution < 1.29 is 4.79 Å². The van der Waals surface area contributed by atoms with Gasteiger partial charge in [-0.3, -0.25) is 9.48 Å². The number of benzene rings is 1. The molecule has 0 saturated carbocycles. The highest BCUT2D eigenvalue weighted by molar-refractivity contribution is 5.93. The zero-order valence-electron chi connectivity index (χ0n) is 10.4. The summed E-state index contributed by atoms with van der Waals surface area (Å²) in [6.07, 6.45) is 3.56. The Morgan fingerprint density at radius 2 is 2.28 bits per heavy atom. The Balaban J connectivity index is 2.08. The molecule has 2 rings (SSSR count). The molecule has 1 unspecified atom stereocenters. The Kier molecular flexibility index (Phi) is 3.32. The average Bonchev–Trinajstić information content (AvgIpc) is 2.75.